The molecule has 2 rings (SSSR count). The van der Waals surface area contributed by atoms with E-state index < -0.39 is 10.0 Å². The molecule has 20 heavy (non-hydrogen) atoms. The SMILES string of the molecule is CN1CCCC(NS(=O)(=O)c2cc(Cl)cc(N)c2Br)C1. The first-order valence-electron chi connectivity index (χ1n) is 6.25. The molecular formula is C12H17BrClN3O2S. The fourth-order valence-corrected chi connectivity index (χ4v) is 4.88. The van der Waals surface area contributed by atoms with E-state index in [4.69, 9.17) is 17.3 Å². The predicted molar refractivity (Wildman–Crippen MR) is 84.4 cm³/mol. The highest BCUT2D eigenvalue weighted by molar-refractivity contribution is 9.10. The molecule has 5 nitrogen and oxygen atoms in total. The van der Waals surface area contributed by atoms with Crippen LogP contribution in [0.15, 0.2) is 21.5 Å². The molecule has 0 spiro atoms. The number of benzene rings is 1. The number of nitrogens with zero attached hydrogens (tertiary/aromatic N) is 1. The summed E-state index contributed by atoms with van der Waals surface area (Å²) in [7, 11) is -1.67. The van der Waals surface area contributed by atoms with Crippen molar-refractivity contribution < 1.29 is 8.42 Å². The number of hydrogen-bond donors (Lipinski definition) is 2. The van der Waals surface area contributed by atoms with Crippen molar-refractivity contribution in [3.63, 3.8) is 0 Å². The highest BCUT2D eigenvalue weighted by atomic mass is 79.9. The molecule has 1 atom stereocenters. The standard InChI is InChI=1S/C12H17BrClN3O2S/c1-17-4-2-3-9(7-17)16-20(18,19)11-6-8(14)5-10(15)12(11)13/h5-6,9,16H,2-4,7,15H2,1H3. The van der Waals surface area contributed by atoms with Gasteiger partial charge in [0.05, 0.1) is 9.37 Å². The number of nitrogens with two attached hydrogens (primary N) is 1. The number of sulfonamides is 1. The number of hydrogen-bond acceptors (Lipinski definition) is 4. The van der Waals surface area contributed by atoms with Gasteiger partial charge in [-0.3, -0.25) is 0 Å². The Hall–Kier alpha value is -0.340. The van der Waals surface area contributed by atoms with E-state index in [1.54, 1.807) is 0 Å². The summed E-state index contributed by atoms with van der Waals surface area (Å²) in [6.45, 7) is 1.69. The Morgan fingerprint density at radius 1 is 1.50 bits per heavy atom. The maximum absolute atomic E-state index is 12.5. The van der Waals surface area contributed by atoms with Crippen LogP contribution in [0.4, 0.5) is 5.69 Å². The average Bonchev–Trinajstić information content (AvgIpc) is 2.33. The Labute approximate surface area is 132 Å². The Balaban J connectivity index is 2.26. The molecule has 1 fully saturated rings. The number of piperidine rings is 1. The van der Waals surface area contributed by atoms with Gasteiger partial charge in [-0.1, -0.05) is 11.6 Å². The average molecular weight is 383 g/mol. The largest absolute Gasteiger partial charge is 0.398 e. The Bertz CT molecular complexity index is 609. The van der Waals surface area contributed by atoms with E-state index >= 15 is 0 Å². The van der Waals surface area contributed by atoms with Gasteiger partial charge in [0.2, 0.25) is 10.0 Å². The topological polar surface area (TPSA) is 75.4 Å². The van der Waals surface area contributed by atoms with Gasteiger partial charge >= 0.3 is 0 Å². The van der Waals surface area contributed by atoms with Crippen LogP contribution in [0.5, 0.6) is 0 Å². The van der Waals surface area contributed by atoms with Gasteiger partial charge in [0.25, 0.3) is 0 Å². The minimum absolute atomic E-state index is 0.0794. The minimum atomic E-state index is -3.65. The van der Waals surface area contributed by atoms with Crippen molar-refractivity contribution in [3.8, 4) is 0 Å². The van der Waals surface area contributed by atoms with Crippen molar-refractivity contribution in [2.45, 2.75) is 23.8 Å². The van der Waals surface area contributed by atoms with E-state index in [1.807, 2.05) is 7.05 Å². The lowest BCUT2D eigenvalue weighted by Crippen LogP contribution is -2.46. The third kappa shape index (κ3) is 3.65. The smallest absolute Gasteiger partial charge is 0.242 e. The van der Waals surface area contributed by atoms with E-state index in [9.17, 15) is 8.42 Å². The Morgan fingerprint density at radius 2 is 2.20 bits per heavy atom. The number of likely N-dealkylation sites (N-methyl/N-ethyl adjacent to an activating group) is 1. The maximum atomic E-state index is 12.5. The Morgan fingerprint density at radius 3 is 2.85 bits per heavy atom. The molecular weight excluding hydrogens is 366 g/mol. The van der Waals surface area contributed by atoms with Gasteiger partial charge in [-0.2, -0.15) is 0 Å². The van der Waals surface area contributed by atoms with Crippen LogP contribution in [0.3, 0.4) is 0 Å². The Kier molecular flexibility index (Phi) is 4.96. The summed E-state index contributed by atoms with van der Waals surface area (Å²) < 4.78 is 28.0. The predicted octanol–water partition coefficient (Wildman–Crippen LogP) is 2.06. The number of nitrogens with one attached hydrogen (secondary N) is 1. The van der Waals surface area contributed by atoms with Gasteiger partial charge in [0.15, 0.2) is 0 Å². The van der Waals surface area contributed by atoms with Crippen LogP contribution in [0.25, 0.3) is 0 Å². The molecule has 1 aromatic rings. The second-order valence-corrected chi connectivity index (χ2v) is 7.94. The molecule has 112 valence electrons. The zero-order chi connectivity index (χ0) is 14.9. The molecule has 3 N–H and O–H groups in total. The molecule has 1 saturated heterocycles. The second kappa shape index (κ2) is 6.19. The number of likely N-dealkylation sites (tertiary alicyclic amines) is 1. The van der Waals surface area contributed by atoms with Gasteiger partial charge in [-0.25, -0.2) is 13.1 Å². The van der Waals surface area contributed by atoms with E-state index in [0.717, 1.165) is 19.4 Å². The van der Waals surface area contributed by atoms with Crippen LogP contribution < -0.4 is 10.5 Å². The molecule has 8 heteroatoms. The van der Waals surface area contributed by atoms with E-state index in [1.165, 1.54) is 12.1 Å². The summed E-state index contributed by atoms with van der Waals surface area (Å²) in [4.78, 5) is 2.19. The zero-order valence-electron chi connectivity index (χ0n) is 11.1. The normalized spacial score (nSPS) is 21.1. The molecule has 0 saturated carbocycles. The van der Waals surface area contributed by atoms with Gasteiger partial charge < -0.3 is 10.6 Å². The van der Waals surface area contributed by atoms with E-state index in [0.29, 0.717) is 21.7 Å². The zero-order valence-corrected chi connectivity index (χ0v) is 14.2. The van der Waals surface area contributed by atoms with Crippen LogP contribution in [-0.4, -0.2) is 39.5 Å². The first-order chi connectivity index (χ1) is 9.29. The van der Waals surface area contributed by atoms with Gasteiger partial charge in [0.1, 0.15) is 0 Å². The second-order valence-electron chi connectivity index (χ2n) is 5.03. The fourth-order valence-electron chi connectivity index (χ4n) is 2.33. The number of rotatable bonds is 3. The van der Waals surface area contributed by atoms with Crippen molar-refractivity contribution in [1.29, 1.82) is 0 Å². The van der Waals surface area contributed by atoms with Crippen molar-refractivity contribution in [1.82, 2.24) is 9.62 Å². The molecule has 0 aliphatic carbocycles. The van der Waals surface area contributed by atoms with Crippen molar-refractivity contribution in [3.05, 3.63) is 21.6 Å². The molecule has 1 aromatic carbocycles. The molecule has 1 aliphatic heterocycles. The van der Waals surface area contributed by atoms with Crippen LogP contribution in [-0.2, 0) is 10.0 Å². The van der Waals surface area contributed by atoms with Gasteiger partial charge in [0, 0.05) is 23.3 Å². The lowest BCUT2D eigenvalue weighted by atomic mass is 10.1. The third-order valence-corrected chi connectivity index (χ3v) is 6.18. The molecule has 0 amide bonds. The van der Waals surface area contributed by atoms with E-state index in [2.05, 4.69) is 25.6 Å². The first-order valence-corrected chi connectivity index (χ1v) is 8.90. The quantitative estimate of drug-likeness (QED) is 0.785. The van der Waals surface area contributed by atoms with Gasteiger partial charge in [-0.05, 0) is 54.5 Å². The summed E-state index contributed by atoms with van der Waals surface area (Å²) in [5.74, 6) is 0. The molecule has 0 radical (unpaired) electrons. The third-order valence-electron chi connectivity index (χ3n) is 3.27. The summed E-state index contributed by atoms with van der Waals surface area (Å²) >= 11 is 9.11. The fraction of sp³-hybridized carbons (Fsp3) is 0.500. The summed E-state index contributed by atoms with van der Waals surface area (Å²) in [6, 6.07) is 2.82. The van der Waals surface area contributed by atoms with Crippen LogP contribution >= 0.6 is 27.5 Å². The molecule has 1 heterocycles. The number of halogens is 2. The first kappa shape index (κ1) is 16.0. The summed E-state index contributed by atoms with van der Waals surface area (Å²) in [5.41, 5.74) is 6.05. The highest BCUT2D eigenvalue weighted by Crippen LogP contribution is 2.31. The lowest BCUT2D eigenvalue weighted by molar-refractivity contribution is 0.242. The molecule has 1 aliphatic rings. The van der Waals surface area contributed by atoms with Crippen molar-refractivity contribution in [2.24, 2.45) is 0 Å². The number of nitrogen functional groups attached to an aromatic ring is 1. The van der Waals surface area contributed by atoms with Crippen LogP contribution in [0.2, 0.25) is 5.02 Å². The van der Waals surface area contributed by atoms with Crippen molar-refractivity contribution in [2.75, 3.05) is 25.9 Å². The summed E-state index contributed by atoms with van der Waals surface area (Å²) in [5, 5.41) is 0.298. The molecule has 0 aromatic heterocycles. The monoisotopic (exact) mass is 381 g/mol. The van der Waals surface area contributed by atoms with Crippen LogP contribution in [0.1, 0.15) is 12.8 Å². The summed E-state index contributed by atoms with van der Waals surface area (Å²) in [6.07, 6.45) is 1.81. The number of anilines is 1. The minimum Gasteiger partial charge on any atom is -0.398 e. The van der Waals surface area contributed by atoms with Crippen LogP contribution in [0, 0.1) is 0 Å². The van der Waals surface area contributed by atoms with Gasteiger partial charge in [-0.15, -0.1) is 0 Å². The van der Waals surface area contributed by atoms with Crippen molar-refractivity contribution >= 4 is 43.2 Å². The van der Waals surface area contributed by atoms with E-state index in [-0.39, 0.29) is 10.9 Å². The lowest BCUT2D eigenvalue weighted by Gasteiger charge is -2.30. The maximum Gasteiger partial charge on any atom is 0.242 e. The molecule has 1 unspecified atom stereocenters. The highest BCUT2D eigenvalue weighted by Gasteiger charge is 2.26. The molecule has 0 bridgehead atoms.